The van der Waals surface area contributed by atoms with Crippen LogP contribution in [0.25, 0.3) is 0 Å². The van der Waals surface area contributed by atoms with E-state index in [0.29, 0.717) is 0 Å². The Morgan fingerprint density at radius 2 is 1.40 bits per heavy atom. The fourth-order valence-corrected chi connectivity index (χ4v) is 0.815. The van der Waals surface area contributed by atoms with Crippen molar-refractivity contribution < 1.29 is 14.4 Å². The van der Waals surface area contributed by atoms with E-state index in [1.165, 1.54) is 0 Å². The second kappa shape index (κ2) is 6.32. The second-order valence-corrected chi connectivity index (χ2v) is 4.20. The molecule has 0 aromatic rings. The summed E-state index contributed by atoms with van der Waals surface area (Å²) in [6, 6.07) is 0. The maximum absolute atomic E-state index is 11.2. The Kier molecular flexibility index (Phi) is 5.82. The van der Waals surface area contributed by atoms with Gasteiger partial charge in [-0.1, -0.05) is 27.7 Å². The molecule has 4 heteroatoms. The van der Waals surface area contributed by atoms with E-state index in [1.54, 1.807) is 27.7 Å². The molecule has 0 aromatic carbocycles. The van der Waals surface area contributed by atoms with Crippen molar-refractivity contribution in [2.75, 3.05) is 6.54 Å². The lowest BCUT2D eigenvalue weighted by atomic mass is 10.1. The molecule has 1 amide bonds. The summed E-state index contributed by atoms with van der Waals surface area (Å²) >= 11 is 0. The maximum Gasteiger partial charge on any atom is 0.227 e. The summed E-state index contributed by atoms with van der Waals surface area (Å²) in [5.74, 6) is -0.741. The molecular weight excluding hydrogens is 194 g/mol. The van der Waals surface area contributed by atoms with Crippen molar-refractivity contribution in [3.05, 3.63) is 0 Å². The lowest BCUT2D eigenvalue weighted by Crippen LogP contribution is -2.33. The van der Waals surface area contributed by atoms with Crippen molar-refractivity contribution in [2.45, 2.75) is 34.1 Å². The van der Waals surface area contributed by atoms with Gasteiger partial charge in [-0.3, -0.25) is 14.4 Å². The highest BCUT2D eigenvalue weighted by Gasteiger charge is 2.14. The van der Waals surface area contributed by atoms with Crippen LogP contribution in [0.5, 0.6) is 0 Å². The Bertz CT molecular complexity index is 257. The van der Waals surface area contributed by atoms with Crippen molar-refractivity contribution in [1.82, 2.24) is 5.32 Å². The number of hydrogen-bond acceptors (Lipinski definition) is 3. The van der Waals surface area contributed by atoms with Crippen LogP contribution in [0.15, 0.2) is 0 Å². The van der Waals surface area contributed by atoms with Crippen LogP contribution in [0.3, 0.4) is 0 Å². The van der Waals surface area contributed by atoms with Crippen LogP contribution in [-0.4, -0.2) is 24.0 Å². The minimum absolute atomic E-state index is 0.0157. The van der Waals surface area contributed by atoms with Gasteiger partial charge < -0.3 is 5.32 Å². The standard InChI is InChI=1S/C11H19NO3/c1-7(2)9(13)5-11(15)12-6-10(14)8(3)4/h7-8H,5-6H2,1-4H3,(H,12,15). The molecule has 0 rings (SSSR count). The predicted molar refractivity (Wildman–Crippen MR) is 57.3 cm³/mol. The normalized spacial score (nSPS) is 10.5. The Hall–Kier alpha value is -1.19. The van der Waals surface area contributed by atoms with Gasteiger partial charge in [-0.15, -0.1) is 0 Å². The lowest BCUT2D eigenvalue weighted by molar-refractivity contribution is -0.131. The van der Waals surface area contributed by atoms with E-state index < -0.39 is 0 Å². The van der Waals surface area contributed by atoms with Gasteiger partial charge >= 0.3 is 0 Å². The number of carbonyl (C=O) groups excluding carboxylic acids is 3. The average Bonchev–Trinajstić information content (AvgIpc) is 2.13. The summed E-state index contributed by atoms with van der Waals surface area (Å²) in [5.41, 5.74) is 0. The first-order valence-corrected chi connectivity index (χ1v) is 5.16. The number of carbonyl (C=O) groups is 3. The molecule has 4 nitrogen and oxygen atoms in total. The molecule has 0 aliphatic heterocycles. The van der Waals surface area contributed by atoms with E-state index >= 15 is 0 Å². The fourth-order valence-electron chi connectivity index (χ4n) is 0.815. The van der Waals surface area contributed by atoms with Gasteiger partial charge in [0.15, 0.2) is 5.78 Å². The van der Waals surface area contributed by atoms with Crippen LogP contribution in [-0.2, 0) is 14.4 Å². The number of Topliss-reactive ketones (excluding diaryl/α,β-unsaturated/α-hetero) is 2. The molecule has 0 saturated carbocycles. The summed E-state index contributed by atoms with van der Waals surface area (Å²) in [6.45, 7) is 7.05. The van der Waals surface area contributed by atoms with Gasteiger partial charge in [-0.05, 0) is 0 Å². The highest BCUT2D eigenvalue weighted by molar-refractivity contribution is 6.00. The Labute approximate surface area is 90.4 Å². The summed E-state index contributed by atoms with van der Waals surface area (Å²) in [7, 11) is 0. The monoisotopic (exact) mass is 213 g/mol. The molecular formula is C11H19NO3. The van der Waals surface area contributed by atoms with Crippen molar-refractivity contribution >= 4 is 17.5 Å². The maximum atomic E-state index is 11.2. The van der Waals surface area contributed by atoms with E-state index in [0.717, 1.165) is 0 Å². The molecule has 0 bridgehead atoms. The molecule has 0 fully saturated rings. The van der Waals surface area contributed by atoms with Gasteiger partial charge in [-0.25, -0.2) is 0 Å². The molecule has 15 heavy (non-hydrogen) atoms. The summed E-state index contributed by atoms with van der Waals surface area (Å²) in [4.78, 5) is 33.6. The Balaban J connectivity index is 3.86. The van der Waals surface area contributed by atoms with Crippen molar-refractivity contribution in [3.63, 3.8) is 0 Å². The average molecular weight is 213 g/mol. The van der Waals surface area contributed by atoms with Crippen LogP contribution in [0.1, 0.15) is 34.1 Å². The molecule has 0 heterocycles. The summed E-state index contributed by atoms with van der Waals surface area (Å²) in [5, 5.41) is 2.44. The highest BCUT2D eigenvalue weighted by atomic mass is 16.2. The van der Waals surface area contributed by atoms with E-state index in [9.17, 15) is 14.4 Å². The first-order chi connectivity index (χ1) is 6.84. The van der Waals surface area contributed by atoms with E-state index in [1.807, 2.05) is 0 Å². The molecule has 0 aliphatic rings. The molecule has 0 atom stereocenters. The van der Waals surface area contributed by atoms with Crippen LogP contribution in [0.4, 0.5) is 0 Å². The largest absolute Gasteiger partial charge is 0.349 e. The molecule has 0 unspecified atom stereocenters. The third-order valence-electron chi connectivity index (χ3n) is 2.08. The SMILES string of the molecule is CC(C)C(=O)CNC(=O)CC(=O)C(C)C. The van der Waals surface area contributed by atoms with Crippen molar-refractivity contribution in [2.24, 2.45) is 11.8 Å². The summed E-state index contributed by atoms with van der Waals surface area (Å²) in [6.07, 6.45) is -0.136. The number of rotatable bonds is 6. The van der Waals surface area contributed by atoms with Gasteiger partial charge in [0.05, 0.1) is 13.0 Å². The molecule has 0 spiro atoms. The zero-order chi connectivity index (χ0) is 12.0. The van der Waals surface area contributed by atoms with Crippen molar-refractivity contribution in [1.29, 1.82) is 0 Å². The second-order valence-electron chi connectivity index (χ2n) is 4.20. The minimum atomic E-state index is -0.372. The topological polar surface area (TPSA) is 63.2 Å². The van der Waals surface area contributed by atoms with Gasteiger partial charge in [0.25, 0.3) is 0 Å². The minimum Gasteiger partial charge on any atom is -0.349 e. The van der Waals surface area contributed by atoms with E-state index in [-0.39, 0.29) is 42.3 Å². The Morgan fingerprint density at radius 3 is 1.80 bits per heavy atom. The third kappa shape index (κ3) is 5.99. The predicted octanol–water partition coefficient (Wildman–Crippen LogP) is 0.943. The van der Waals surface area contributed by atoms with Gasteiger partial charge in [0, 0.05) is 11.8 Å². The number of ketones is 2. The first kappa shape index (κ1) is 13.8. The van der Waals surface area contributed by atoms with Gasteiger partial charge in [0.2, 0.25) is 5.91 Å². The van der Waals surface area contributed by atoms with Crippen molar-refractivity contribution in [3.8, 4) is 0 Å². The number of nitrogens with one attached hydrogen (secondary N) is 1. The number of hydrogen-bond donors (Lipinski definition) is 1. The van der Waals surface area contributed by atoms with Crippen LogP contribution in [0, 0.1) is 11.8 Å². The smallest absolute Gasteiger partial charge is 0.227 e. The zero-order valence-electron chi connectivity index (χ0n) is 9.79. The molecule has 1 N–H and O–H groups in total. The van der Waals surface area contributed by atoms with E-state index in [2.05, 4.69) is 5.32 Å². The van der Waals surface area contributed by atoms with Crippen LogP contribution in [0.2, 0.25) is 0 Å². The molecule has 0 aromatic heterocycles. The first-order valence-electron chi connectivity index (χ1n) is 5.16. The fraction of sp³-hybridized carbons (Fsp3) is 0.727. The quantitative estimate of drug-likeness (QED) is 0.668. The van der Waals surface area contributed by atoms with Crippen LogP contribution >= 0.6 is 0 Å². The van der Waals surface area contributed by atoms with Crippen LogP contribution < -0.4 is 5.32 Å². The Morgan fingerprint density at radius 1 is 0.933 bits per heavy atom. The molecule has 0 aliphatic carbocycles. The molecule has 0 radical (unpaired) electrons. The summed E-state index contributed by atoms with van der Waals surface area (Å²) < 4.78 is 0. The van der Waals surface area contributed by atoms with E-state index in [4.69, 9.17) is 0 Å². The zero-order valence-corrected chi connectivity index (χ0v) is 9.79. The molecule has 86 valence electrons. The lowest BCUT2D eigenvalue weighted by Gasteiger charge is -2.07. The highest BCUT2D eigenvalue weighted by Crippen LogP contribution is 1.98. The molecule has 0 saturated heterocycles. The van der Waals surface area contributed by atoms with Gasteiger partial charge in [0.1, 0.15) is 5.78 Å². The van der Waals surface area contributed by atoms with Gasteiger partial charge in [-0.2, -0.15) is 0 Å². The number of amides is 1. The third-order valence-corrected chi connectivity index (χ3v) is 2.08.